The molecule has 6 atom stereocenters. The number of hydrogen-bond donors (Lipinski definition) is 1. The molecule has 0 aromatic carbocycles. The Bertz CT molecular complexity index is 626. The minimum atomic E-state index is -0.0749. The molecule has 1 N–H and O–H groups in total. The normalized spacial score (nSPS) is 34.4. The average molecular weight is 456 g/mol. The molecule has 1 aliphatic heterocycles. The summed E-state index contributed by atoms with van der Waals surface area (Å²) in [5.41, 5.74) is 0. The highest BCUT2D eigenvalue weighted by molar-refractivity contribution is 6.20. The van der Waals surface area contributed by atoms with E-state index in [1.807, 2.05) is 12.0 Å². The maximum atomic E-state index is 12.8. The fraction of sp³-hybridized carbons (Fsp3) is 0.826. The fourth-order valence-corrected chi connectivity index (χ4v) is 6.08. The van der Waals surface area contributed by atoms with Crippen LogP contribution in [-0.2, 0) is 19.1 Å². The Morgan fingerprint density at radius 3 is 2.29 bits per heavy atom. The van der Waals surface area contributed by atoms with Crippen LogP contribution in [0.1, 0.15) is 38.5 Å². The van der Waals surface area contributed by atoms with E-state index < -0.39 is 0 Å². The second kappa shape index (κ2) is 11.6. The van der Waals surface area contributed by atoms with Crippen molar-refractivity contribution in [3.63, 3.8) is 0 Å². The maximum Gasteiger partial charge on any atom is 0.246 e. The van der Waals surface area contributed by atoms with E-state index in [1.54, 1.807) is 12.0 Å². The van der Waals surface area contributed by atoms with E-state index in [0.29, 0.717) is 38.0 Å². The van der Waals surface area contributed by atoms with Gasteiger partial charge in [0.25, 0.3) is 0 Å². The van der Waals surface area contributed by atoms with Crippen molar-refractivity contribution in [1.82, 2.24) is 15.1 Å². The highest BCUT2D eigenvalue weighted by Crippen LogP contribution is 2.42. The third-order valence-corrected chi connectivity index (χ3v) is 7.94. The summed E-state index contributed by atoms with van der Waals surface area (Å²) in [6, 6.07) is 0.0945. The zero-order valence-electron chi connectivity index (χ0n) is 18.9. The summed E-state index contributed by atoms with van der Waals surface area (Å²) in [6.45, 7) is 6.03. The van der Waals surface area contributed by atoms with Crippen molar-refractivity contribution in [2.45, 2.75) is 62.2 Å². The summed E-state index contributed by atoms with van der Waals surface area (Å²) >= 11 is 6.84. The second-order valence-electron chi connectivity index (χ2n) is 9.05. The van der Waals surface area contributed by atoms with E-state index in [9.17, 15) is 9.59 Å². The van der Waals surface area contributed by atoms with Gasteiger partial charge in [0.2, 0.25) is 11.8 Å². The molecule has 1 heterocycles. The number of methoxy groups -OCH3 is 2. The minimum absolute atomic E-state index is 0.00167. The van der Waals surface area contributed by atoms with E-state index in [4.69, 9.17) is 21.1 Å². The Morgan fingerprint density at radius 2 is 1.65 bits per heavy atom. The largest absolute Gasteiger partial charge is 0.381 e. The summed E-state index contributed by atoms with van der Waals surface area (Å²) in [5, 5.41) is 3.54. The van der Waals surface area contributed by atoms with Gasteiger partial charge in [-0.1, -0.05) is 19.4 Å². The Morgan fingerprint density at radius 1 is 1.00 bits per heavy atom. The molecule has 0 spiro atoms. The molecule has 2 amide bonds. The molecule has 8 heteroatoms. The van der Waals surface area contributed by atoms with Crippen LogP contribution in [0.5, 0.6) is 0 Å². The number of ether oxygens (including phenoxy) is 2. The molecular weight excluding hydrogens is 418 g/mol. The first-order valence-corrected chi connectivity index (χ1v) is 12.0. The molecule has 0 aromatic heterocycles. The monoisotopic (exact) mass is 455 g/mol. The standard InChI is InChI=1S/C23H38ClN3O4/c1-4-22(28)26-9-11-27(12-10-26)23(29)15-25-19-13-17(18(24)14-21(19)31-3)16-7-5-6-8-20(16)30-2/h4,16-21,25H,1,5-15H2,2-3H3. The second-order valence-corrected chi connectivity index (χ2v) is 9.61. The van der Waals surface area contributed by atoms with Gasteiger partial charge in [-0.05, 0) is 43.6 Å². The summed E-state index contributed by atoms with van der Waals surface area (Å²) in [6.07, 6.45) is 7.99. The molecular formula is C23H38ClN3O4. The van der Waals surface area contributed by atoms with Crippen LogP contribution in [0.4, 0.5) is 0 Å². The molecule has 6 unspecified atom stereocenters. The van der Waals surface area contributed by atoms with Gasteiger partial charge in [-0.15, -0.1) is 11.6 Å². The highest BCUT2D eigenvalue weighted by Gasteiger charge is 2.43. The Kier molecular flexibility index (Phi) is 9.19. The molecule has 3 aliphatic rings. The number of nitrogens with one attached hydrogen (secondary N) is 1. The van der Waals surface area contributed by atoms with Crippen molar-refractivity contribution in [2.75, 3.05) is 46.9 Å². The zero-order chi connectivity index (χ0) is 22.4. The van der Waals surface area contributed by atoms with Gasteiger partial charge in [0, 0.05) is 51.8 Å². The van der Waals surface area contributed by atoms with Crippen molar-refractivity contribution in [1.29, 1.82) is 0 Å². The molecule has 1 saturated heterocycles. The quantitative estimate of drug-likeness (QED) is 0.470. The van der Waals surface area contributed by atoms with E-state index in [0.717, 1.165) is 25.7 Å². The number of amides is 2. The summed E-state index contributed by atoms with van der Waals surface area (Å²) < 4.78 is 11.5. The van der Waals surface area contributed by atoms with Crippen molar-refractivity contribution in [3.05, 3.63) is 12.7 Å². The lowest BCUT2D eigenvalue weighted by atomic mass is 9.69. The van der Waals surface area contributed by atoms with Crippen LogP contribution in [0.2, 0.25) is 0 Å². The predicted octanol–water partition coefficient (Wildman–Crippen LogP) is 2.04. The molecule has 3 fully saturated rings. The number of piperazine rings is 1. The van der Waals surface area contributed by atoms with Gasteiger partial charge < -0.3 is 24.6 Å². The lowest BCUT2D eigenvalue weighted by Crippen LogP contribution is -2.56. The first-order chi connectivity index (χ1) is 15.0. The van der Waals surface area contributed by atoms with Gasteiger partial charge >= 0.3 is 0 Å². The third kappa shape index (κ3) is 6.01. The van der Waals surface area contributed by atoms with Crippen LogP contribution in [0.3, 0.4) is 0 Å². The third-order valence-electron chi connectivity index (χ3n) is 7.44. The van der Waals surface area contributed by atoms with Crippen molar-refractivity contribution >= 4 is 23.4 Å². The molecule has 176 valence electrons. The minimum Gasteiger partial charge on any atom is -0.381 e. The lowest BCUT2D eigenvalue weighted by Gasteiger charge is -2.45. The molecule has 0 bridgehead atoms. The van der Waals surface area contributed by atoms with E-state index in [2.05, 4.69) is 11.9 Å². The first-order valence-electron chi connectivity index (χ1n) is 11.6. The van der Waals surface area contributed by atoms with Crippen LogP contribution < -0.4 is 5.32 Å². The van der Waals surface area contributed by atoms with Gasteiger partial charge in [-0.25, -0.2) is 0 Å². The van der Waals surface area contributed by atoms with Crippen LogP contribution in [0, 0.1) is 11.8 Å². The fourth-order valence-electron chi connectivity index (χ4n) is 5.62. The molecule has 31 heavy (non-hydrogen) atoms. The van der Waals surface area contributed by atoms with Gasteiger partial charge in [-0.3, -0.25) is 9.59 Å². The van der Waals surface area contributed by atoms with E-state index in [1.165, 1.54) is 18.9 Å². The predicted molar refractivity (Wildman–Crippen MR) is 121 cm³/mol. The molecule has 7 nitrogen and oxygen atoms in total. The van der Waals surface area contributed by atoms with Crippen LogP contribution in [-0.4, -0.2) is 92.2 Å². The molecule has 2 aliphatic carbocycles. The SMILES string of the molecule is C=CC(=O)N1CCN(C(=O)CNC2CC(C3CCCCC3OC)C(Cl)CC2OC)CC1. The average Bonchev–Trinajstić information content (AvgIpc) is 2.82. The highest BCUT2D eigenvalue weighted by atomic mass is 35.5. The summed E-state index contributed by atoms with van der Waals surface area (Å²) in [7, 11) is 3.53. The lowest BCUT2D eigenvalue weighted by molar-refractivity contribution is -0.136. The topological polar surface area (TPSA) is 71.1 Å². The van der Waals surface area contributed by atoms with E-state index >= 15 is 0 Å². The number of carbonyl (C=O) groups excluding carboxylic acids is 2. The Labute approximate surface area is 191 Å². The summed E-state index contributed by atoms with van der Waals surface area (Å²) in [5.74, 6) is 0.820. The molecule has 2 saturated carbocycles. The number of alkyl halides is 1. The zero-order valence-corrected chi connectivity index (χ0v) is 19.7. The number of halogens is 1. The van der Waals surface area contributed by atoms with Gasteiger partial charge in [0.15, 0.2) is 0 Å². The summed E-state index contributed by atoms with van der Waals surface area (Å²) in [4.78, 5) is 28.1. The number of nitrogens with zero attached hydrogens (tertiary/aromatic N) is 2. The van der Waals surface area contributed by atoms with Gasteiger partial charge in [-0.2, -0.15) is 0 Å². The first kappa shape index (κ1) is 24.5. The van der Waals surface area contributed by atoms with Crippen molar-refractivity contribution < 1.29 is 19.1 Å². The Balaban J connectivity index is 1.54. The number of hydrogen-bond acceptors (Lipinski definition) is 5. The van der Waals surface area contributed by atoms with Crippen molar-refractivity contribution in [3.8, 4) is 0 Å². The molecule has 3 rings (SSSR count). The number of rotatable bonds is 7. The van der Waals surface area contributed by atoms with Crippen molar-refractivity contribution in [2.24, 2.45) is 11.8 Å². The van der Waals surface area contributed by atoms with E-state index in [-0.39, 0.29) is 42.0 Å². The van der Waals surface area contributed by atoms with Crippen LogP contribution >= 0.6 is 11.6 Å². The molecule has 0 aromatic rings. The van der Waals surface area contributed by atoms with Gasteiger partial charge in [0.05, 0.1) is 18.8 Å². The smallest absolute Gasteiger partial charge is 0.246 e. The maximum absolute atomic E-state index is 12.8. The van der Waals surface area contributed by atoms with Crippen LogP contribution in [0.25, 0.3) is 0 Å². The number of carbonyl (C=O) groups is 2. The molecule has 0 radical (unpaired) electrons. The Hall–Kier alpha value is -1.15. The van der Waals surface area contributed by atoms with Gasteiger partial charge in [0.1, 0.15) is 0 Å². The van der Waals surface area contributed by atoms with Crippen LogP contribution in [0.15, 0.2) is 12.7 Å².